The van der Waals surface area contributed by atoms with Crippen molar-refractivity contribution < 1.29 is 14.3 Å². The molecule has 26 heavy (non-hydrogen) atoms. The van der Waals surface area contributed by atoms with E-state index >= 15 is 0 Å². The molecule has 2 aromatic rings. The highest BCUT2D eigenvalue weighted by Crippen LogP contribution is 2.28. The van der Waals surface area contributed by atoms with Crippen LogP contribution in [0.2, 0.25) is 0 Å². The summed E-state index contributed by atoms with van der Waals surface area (Å²) in [4.78, 5) is 12.5. The lowest BCUT2D eigenvalue weighted by atomic mass is 10.1. The summed E-state index contributed by atoms with van der Waals surface area (Å²) >= 11 is 0. The molecule has 2 heterocycles. The molecule has 0 radical (unpaired) electrons. The molecule has 7 heteroatoms. The number of H-pyrrole nitrogens is 1. The second-order valence-electron chi connectivity index (χ2n) is 6.33. The predicted molar refractivity (Wildman–Crippen MR) is 98.6 cm³/mol. The zero-order valence-corrected chi connectivity index (χ0v) is 15.4. The molecule has 0 atom stereocenters. The molecule has 0 unspecified atom stereocenters. The standard InChI is InChI=1S/C19H26N4O3/c1-3-4-9-26-16-6-5-13(10-17(16)25-2)11-21-19(24)18-14-12-20-8-7-15(14)22-23-18/h5-6,10,20H,3-4,7-9,11-12H2,1-2H3,(H,21,24)(H,22,23). The van der Waals surface area contributed by atoms with E-state index in [0.717, 1.165) is 48.4 Å². The van der Waals surface area contributed by atoms with Crippen LogP contribution in [-0.2, 0) is 19.5 Å². The number of benzene rings is 1. The number of carbonyl (C=O) groups excluding carboxylic acids is 1. The lowest BCUT2D eigenvalue weighted by Gasteiger charge is -2.14. The summed E-state index contributed by atoms with van der Waals surface area (Å²) in [5, 5.41) is 13.3. The number of methoxy groups -OCH3 is 1. The monoisotopic (exact) mass is 358 g/mol. The maximum atomic E-state index is 12.5. The van der Waals surface area contributed by atoms with Crippen molar-refractivity contribution in [3.8, 4) is 11.5 Å². The highest BCUT2D eigenvalue weighted by molar-refractivity contribution is 5.94. The molecule has 1 aromatic carbocycles. The molecule has 7 nitrogen and oxygen atoms in total. The third-order valence-electron chi connectivity index (χ3n) is 4.46. The van der Waals surface area contributed by atoms with Gasteiger partial charge in [0.15, 0.2) is 17.2 Å². The fourth-order valence-electron chi connectivity index (χ4n) is 2.95. The largest absolute Gasteiger partial charge is 0.493 e. The van der Waals surface area contributed by atoms with Crippen molar-refractivity contribution in [2.45, 2.75) is 39.3 Å². The van der Waals surface area contributed by atoms with Gasteiger partial charge >= 0.3 is 0 Å². The normalized spacial score (nSPS) is 13.2. The number of rotatable bonds is 8. The Morgan fingerprint density at radius 3 is 3.04 bits per heavy atom. The number of ether oxygens (including phenoxy) is 2. The molecule has 1 amide bonds. The first-order valence-corrected chi connectivity index (χ1v) is 9.07. The van der Waals surface area contributed by atoms with Crippen LogP contribution < -0.4 is 20.1 Å². The molecule has 140 valence electrons. The van der Waals surface area contributed by atoms with Crippen molar-refractivity contribution in [2.75, 3.05) is 20.3 Å². The molecular formula is C19H26N4O3. The van der Waals surface area contributed by atoms with Crippen LogP contribution in [0.25, 0.3) is 0 Å². The van der Waals surface area contributed by atoms with Gasteiger partial charge in [0.25, 0.3) is 5.91 Å². The Balaban J connectivity index is 1.62. The molecule has 0 saturated heterocycles. The molecule has 0 bridgehead atoms. The van der Waals surface area contributed by atoms with Gasteiger partial charge in [0.1, 0.15) is 0 Å². The van der Waals surface area contributed by atoms with Gasteiger partial charge in [0.05, 0.1) is 13.7 Å². The maximum Gasteiger partial charge on any atom is 0.272 e. The van der Waals surface area contributed by atoms with Gasteiger partial charge in [-0.3, -0.25) is 9.89 Å². The SMILES string of the molecule is CCCCOc1ccc(CNC(=O)c2n[nH]c3c2CNCC3)cc1OC. The molecule has 0 fully saturated rings. The van der Waals surface area contributed by atoms with Gasteiger partial charge < -0.3 is 20.1 Å². The molecule has 1 aliphatic rings. The van der Waals surface area contributed by atoms with Gasteiger partial charge in [-0.1, -0.05) is 19.4 Å². The van der Waals surface area contributed by atoms with Gasteiger partial charge in [0, 0.05) is 37.3 Å². The van der Waals surface area contributed by atoms with Gasteiger partial charge in [-0.25, -0.2) is 0 Å². The molecule has 0 aliphatic carbocycles. The highest BCUT2D eigenvalue weighted by Gasteiger charge is 2.21. The van der Waals surface area contributed by atoms with E-state index in [2.05, 4.69) is 27.8 Å². The van der Waals surface area contributed by atoms with Crippen LogP contribution in [0.5, 0.6) is 11.5 Å². The second kappa shape index (κ2) is 8.71. The summed E-state index contributed by atoms with van der Waals surface area (Å²) in [5.74, 6) is 1.23. The average Bonchev–Trinajstić information content (AvgIpc) is 3.11. The van der Waals surface area contributed by atoms with Gasteiger partial charge in [0.2, 0.25) is 0 Å². The van der Waals surface area contributed by atoms with E-state index in [9.17, 15) is 4.79 Å². The lowest BCUT2D eigenvalue weighted by molar-refractivity contribution is 0.0944. The van der Waals surface area contributed by atoms with Gasteiger partial charge in [-0.05, 0) is 24.1 Å². The quantitative estimate of drug-likeness (QED) is 0.630. The van der Waals surface area contributed by atoms with Crippen LogP contribution in [0, 0.1) is 0 Å². The van der Waals surface area contributed by atoms with E-state index in [1.807, 2.05) is 18.2 Å². The molecular weight excluding hydrogens is 332 g/mol. The maximum absolute atomic E-state index is 12.5. The number of amides is 1. The number of fused-ring (bicyclic) bond motifs is 1. The molecule has 0 saturated carbocycles. The summed E-state index contributed by atoms with van der Waals surface area (Å²) in [7, 11) is 1.62. The first-order chi connectivity index (χ1) is 12.7. The topological polar surface area (TPSA) is 88.3 Å². The Labute approximate surface area is 153 Å². The third kappa shape index (κ3) is 4.16. The summed E-state index contributed by atoms with van der Waals surface area (Å²) in [6.07, 6.45) is 2.95. The van der Waals surface area contributed by atoms with Gasteiger partial charge in [-0.2, -0.15) is 5.10 Å². The number of nitrogens with zero attached hydrogens (tertiary/aromatic N) is 1. The van der Waals surface area contributed by atoms with Crippen molar-refractivity contribution in [1.82, 2.24) is 20.8 Å². The Morgan fingerprint density at radius 2 is 2.23 bits per heavy atom. The van der Waals surface area contributed by atoms with Crippen LogP contribution in [0.3, 0.4) is 0 Å². The van der Waals surface area contributed by atoms with E-state index in [0.29, 0.717) is 31.1 Å². The van der Waals surface area contributed by atoms with E-state index in [1.54, 1.807) is 7.11 Å². The van der Waals surface area contributed by atoms with E-state index in [1.165, 1.54) is 0 Å². The zero-order chi connectivity index (χ0) is 18.4. The highest BCUT2D eigenvalue weighted by atomic mass is 16.5. The molecule has 3 rings (SSSR count). The summed E-state index contributed by atoms with van der Waals surface area (Å²) < 4.78 is 11.1. The van der Waals surface area contributed by atoms with E-state index in [-0.39, 0.29) is 5.91 Å². The van der Waals surface area contributed by atoms with E-state index < -0.39 is 0 Å². The first kappa shape index (κ1) is 18.3. The van der Waals surface area contributed by atoms with Crippen molar-refractivity contribution in [1.29, 1.82) is 0 Å². The number of aromatic amines is 1. The summed E-state index contributed by atoms with van der Waals surface area (Å²) in [5.41, 5.74) is 3.43. The zero-order valence-electron chi connectivity index (χ0n) is 15.4. The third-order valence-corrected chi connectivity index (χ3v) is 4.46. The number of nitrogens with one attached hydrogen (secondary N) is 3. The van der Waals surface area contributed by atoms with E-state index in [4.69, 9.17) is 9.47 Å². The summed E-state index contributed by atoms with van der Waals surface area (Å²) in [6, 6.07) is 5.71. The number of aromatic nitrogens is 2. The number of hydrogen-bond acceptors (Lipinski definition) is 5. The van der Waals surface area contributed by atoms with Gasteiger partial charge in [-0.15, -0.1) is 0 Å². The predicted octanol–water partition coefficient (Wildman–Crippen LogP) is 2.17. The first-order valence-electron chi connectivity index (χ1n) is 9.07. The fourth-order valence-corrected chi connectivity index (χ4v) is 2.95. The smallest absolute Gasteiger partial charge is 0.272 e. The van der Waals surface area contributed by atoms with Crippen LogP contribution in [0.4, 0.5) is 0 Å². The molecule has 0 spiro atoms. The van der Waals surface area contributed by atoms with Crippen LogP contribution >= 0.6 is 0 Å². The number of unbranched alkanes of at least 4 members (excludes halogenated alkanes) is 1. The molecule has 1 aromatic heterocycles. The Bertz CT molecular complexity index is 757. The Hall–Kier alpha value is -2.54. The Morgan fingerprint density at radius 1 is 1.35 bits per heavy atom. The van der Waals surface area contributed by atoms with Crippen LogP contribution in [0.15, 0.2) is 18.2 Å². The minimum Gasteiger partial charge on any atom is -0.493 e. The molecule has 1 aliphatic heterocycles. The van der Waals surface area contributed by atoms with Crippen molar-refractivity contribution in [2.24, 2.45) is 0 Å². The molecule has 3 N–H and O–H groups in total. The Kier molecular flexibility index (Phi) is 6.12. The lowest BCUT2D eigenvalue weighted by Crippen LogP contribution is -2.28. The minimum atomic E-state index is -0.173. The average molecular weight is 358 g/mol. The summed E-state index contributed by atoms with van der Waals surface area (Å²) in [6.45, 7) is 4.77. The minimum absolute atomic E-state index is 0.173. The van der Waals surface area contributed by atoms with Crippen molar-refractivity contribution in [3.05, 3.63) is 40.7 Å². The van der Waals surface area contributed by atoms with Crippen LogP contribution in [0.1, 0.15) is 47.1 Å². The fraction of sp³-hybridized carbons (Fsp3) is 0.474. The van der Waals surface area contributed by atoms with Crippen molar-refractivity contribution >= 4 is 5.91 Å². The van der Waals surface area contributed by atoms with Crippen LogP contribution in [-0.4, -0.2) is 36.4 Å². The van der Waals surface area contributed by atoms with Crippen molar-refractivity contribution in [3.63, 3.8) is 0 Å². The number of carbonyl (C=O) groups is 1. The second-order valence-corrected chi connectivity index (χ2v) is 6.33. The number of hydrogen-bond donors (Lipinski definition) is 3.